The molecule has 1 aliphatic rings. The van der Waals surface area contributed by atoms with Crippen LogP contribution in [0.1, 0.15) is 24.0 Å². The number of nitrogens with two attached hydrogens (primary N) is 1. The van der Waals surface area contributed by atoms with Crippen molar-refractivity contribution in [1.82, 2.24) is 9.88 Å². The van der Waals surface area contributed by atoms with Crippen LogP contribution in [-0.2, 0) is 17.8 Å². The Hall–Kier alpha value is -2.86. The predicted molar refractivity (Wildman–Crippen MR) is 101 cm³/mol. The van der Waals surface area contributed by atoms with Crippen molar-refractivity contribution in [2.45, 2.75) is 25.8 Å². The van der Waals surface area contributed by atoms with Gasteiger partial charge in [-0.1, -0.05) is 24.3 Å². The van der Waals surface area contributed by atoms with Crippen LogP contribution < -0.4 is 11.1 Å². The monoisotopic (exact) mass is 350 g/mol. The van der Waals surface area contributed by atoms with Crippen molar-refractivity contribution in [1.29, 1.82) is 0 Å². The lowest BCUT2D eigenvalue weighted by Crippen LogP contribution is -2.28. The van der Waals surface area contributed by atoms with E-state index in [-0.39, 0.29) is 5.91 Å². The number of oxazole rings is 1. The van der Waals surface area contributed by atoms with Crippen molar-refractivity contribution >= 4 is 28.7 Å². The van der Waals surface area contributed by atoms with E-state index in [1.54, 1.807) is 0 Å². The molecule has 6 nitrogen and oxygen atoms in total. The van der Waals surface area contributed by atoms with Gasteiger partial charge in [-0.15, -0.1) is 0 Å². The Balaban J connectivity index is 1.53. The van der Waals surface area contributed by atoms with Gasteiger partial charge >= 0.3 is 0 Å². The summed E-state index contributed by atoms with van der Waals surface area (Å²) in [5, 5.41) is 3.18. The Labute approximate surface area is 152 Å². The molecule has 3 N–H and O–H groups in total. The lowest BCUT2D eigenvalue weighted by Gasteiger charge is -2.14. The summed E-state index contributed by atoms with van der Waals surface area (Å²) in [6.45, 7) is 2.18. The highest BCUT2D eigenvalue weighted by atomic mass is 16.4. The standard InChI is InChI=1S/C20H22N4O2/c21-13-15-5-1-2-6-16(15)22-20-23-17-8-7-14(11-18(17)26-20)12-19(25)24-9-3-4-10-24/h1-2,5-8,11H,3-4,9-10,12-13,21H2,(H,22,23). The maximum Gasteiger partial charge on any atom is 0.300 e. The molecule has 0 atom stereocenters. The molecule has 1 fully saturated rings. The van der Waals surface area contributed by atoms with Crippen molar-refractivity contribution < 1.29 is 9.21 Å². The summed E-state index contributed by atoms with van der Waals surface area (Å²) >= 11 is 0. The first-order valence-electron chi connectivity index (χ1n) is 8.95. The first-order chi connectivity index (χ1) is 12.7. The molecule has 0 bridgehead atoms. The van der Waals surface area contributed by atoms with Gasteiger partial charge in [0.05, 0.1) is 6.42 Å². The van der Waals surface area contributed by atoms with Crippen LogP contribution in [0, 0.1) is 0 Å². The Morgan fingerprint density at radius 3 is 2.81 bits per heavy atom. The van der Waals surface area contributed by atoms with E-state index in [0.29, 0.717) is 24.6 Å². The first kappa shape index (κ1) is 16.6. The van der Waals surface area contributed by atoms with Gasteiger partial charge < -0.3 is 20.4 Å². The van der Waals surface area contributed by atoms with E-state index in [9.17, 15) is 4.79 Å². The molecule has 26 heavy (non-hydrogen) atoms. The average Bonchev–Trinajstić information content (AvgIpc) is 3.31. The summed E-state index contributed by atoms with van der Waals surface area (Å²) in [5.41, 5.74) is 10.0. The van der Waals surface area contributed by atoms with E-state index in [4.69, 9.17) is 10.2 Å². The number of hydrogen-bond acceptors (Lipinski definition) is 5. The molecule has 134 valence electrons. The Bertz CT molecular complexity index is 928. The number of para-hydroxylation sites is 1. The maximum absolute atomic E-state index is 12.3. The summed E-state index contributed by atoms with van der Waals surface area (Å²) in [4.78, 5) is 18.7. The first-order valence-corrected chi connectivity index (χ1v) is 8.95. The van der Waals surface area contributed by atoms with Crippen LogP contribution in [-0.4, -0.2) is 28.9 Å². The predicted octanol–water partition coefficient (Wildman–Crippen LogP) is 3.20. The molecular weight excluding hydrogens is 328 g/mol. The second-order valence-corrected chi connectivity index (χ2v) is 6.57. The van der Waals surface area contributed by atoms with Crippen LogP contribution >= 0.6 is 0 Å². The second kappa shape index (κ2) is 7.17. The number of anilines is 2. The summed E-state index contributed by atoms with van der Waals surface area (Å²) < 4.78 is 5.83. The van der Waals surface area contributed by atoms with Crippen molar-refractivity contribution in [3.63, 3.8) is 0 Å². The number of aromatic nitrogens is 1. The lowest BCUT2D eigenvalue weighted by molar-refractivity contribution is -0.129. The fourth-order valence-electron chi connectivity index (χ4n) is 3.32. The fourth-order valence-corrected chi connectivity index (χ4v) is 3.32. The smallest absolute Gasteiger partial charge is 0.300 e. The van der Waals surface area contributed by atoms with Gasteiger partial charge in [0.2, 0.25) is 5.91 Å². The average molecular weight is 350 g/mol. The molecule has 0 spiro atoms. The normalized spacial score (nSPS) is 14.1. The Morgan fingerprint density at radius 1 is 1.19 bits per heavy atom. The lowest BCUT2D eigenvalue weighted by atomic mass is 10.1. The molecular formula is C20H22N4O2. The van der Waals surface area contributed by atoms with E-state index >= 15 is 0 Å². The minimum atomic E-state index is 0.177. The van der Waals surface area contributed by atoms with Gasteiger partial charge in [-0.2, -0.15) is 4.98 Å². The molecule has 1 aliphatic heterocycles. The zero-order chi connectivity index (χ0) is 17.9. The van der Waals surface area contributed by atoms with E-state index in [1.165, 1.54) is 0 Å². The Kier molecular flexibility index (Phi) is 4.58. The highest BCUT2D eigenvalue weighted by Crippen LogP contribution is 2.25. The molecule has 4 rings (SSSR count). The van der Waals surface area contributed by atoms with Crippen molar-refractivity contribution in [3.8, 4) is 0 Å². The third-order valence-electron chi connectivity index (χ3n) is 4.75. The minimum Gasteiger partial charge on any atom is -0.423 e. The zero-order valence-electron chi connectivity index (χ0n) is 14.6. The van der Waals surface area contributed by atoms with Gasteiger partial charge in [0, 0.05) is 25.3 Å². The second-order valence-electron chi connectivity index (χ2n) is 6.57. The molecule has 0 saturated carbocycles. The van der Waals surface area contributed by atoms with Gasteiger partial charge in [0.15, 0.2) is 5.58 Å². The molecule has 2 heterocycles. The summed E-state index contributed by atoms with van der Waals surface area (Å²) in [6.07, 6.45) is 2.60. The molecule has 1 saturated heterocycles. The SMILES string of the molecule is NCc1ccccc1Nc1nc2ccc(CC(=O)N3CCCC3)cc2o1. The number of nitrogens with zero attached hydrogens (tertiary/aromatic N) is 2. The number of carbonyl (C=O) groups is 1. The quantitative estimate of drug-likeness (QED) is 0.738. The molecule has 1 amide bonds. The topological polar surface area (TPSA) is 84.4 Å². The van der Waals surface area contributed by atoms with Crippen molar-refractivity contribution in [2.24, 2.45) is 5.73 Å². The van der Waals surface area contributed by atoms with Crippen molar-refractivity contribution in [3.05, 3.63) is 53.6 Å². The van der Waals surface area contributed by atoms with Gasteiger partial charge in [-0.25, -0.2) is 0 Å². The van der Waals surface area contributed by atoms with Crippen LogP contribution in [0.2, 0.25) is 0 Å². The largest absolute Gasteiger partial charge is 0.423 e. The molecule has 1 aromatic heterocycles. The van der Waals surface area contributed by atoms with Crippen LogP contribution in [0.3, 0.4) is 0 Å². The van der Waals surface area contributed by atoms with Gasteiger partial charge in [0.1, 0.15) is 5.52 Å². The van der Waals surface area contributed by atoms with Crippen LogP contribution in [0.25, 0.3) is 11.1 Å². The van der Waals surface area contributed by atoms with Crippen LogP contribution in [0.15, 0.2) is 46.9 Å². The van der Waals surface area contributed by atoms with Gasteiger partial charge in [0.25, 0.3) is 6.01 Å². The summed E-state index contributed by atoms with van der Waals surface area (Å²) in [6, 6.07) is 13.9. The number of likely N-dealkylation sites (tertiary alicyclic amines) is 1. The molecule has 0 radical (unpaired) electrons. The zero-order valence-corrected chi connectivity index (χ0v) is 14.6. The molecule has 6 heteroatoms. The molecule has 0 unspecified atom stereocenters. The van der Waals surface area contributed by atoms with Crippen LogP contribution in [0.4, 0.5) is 11.7 Å². The summed E-state index contributed by atoms with van der Waals surface area (Å²) in [7, 11) is 0. The van der Waals surface area contributed by atoms with E-state index < -0.39 is 0 Å². The fraction of sp³-hybridized carbons (Fsp3) is 0.300. The number of rotatable bonds is 5. The minimum absolute atomic E-state index is 0.177. The number of amides is 1. The number of fused-ring (bicyclic) bond motifs is 1. The Morgan fingerprint density at radius 2 is 2.00 bits per heavy atom. The third-order valence-corrected chi connectivity index (χ3v) is 4.75. The molecule has 2 aromatic carbocycles. The molecule has 3 aromatic rings. The van der Waals surface area contributed by atoms with E-state index in [1.807, 2.05) is 47.4 Å². The van der Waals surface area contributed by atoms with Gasteiger partial charge in [-0.3, -0.25) is 4.79 Å². The highest BCUT2D eigenvalue weighted by molar-refractivity contribution is 5.82. The van der Waals surface area contributed by atoms with E-state index in [0.717, 1.165) is 48.3 Å². The molecule has 0 aliphatic carbocycles. The number of hydrogen-bond donors (Lipinski definition) is 2. The van der Waals surface area contributed by atoms with E-state index in [2.05, 4.69) is 10.3 Å². The van der Waals surface area contributed by atoms with Crippen molar-refractivity contribution in [2.75, 3.05) is 18.4 Å². The number of nitrogens with one attached hydrogen (secondary N) is 1. The maximum atomic E-state index is 12.3. The third kappa shape index (κ3) is 3.41. The van der Waals surface area contributed by atoms with Crippen LogP contribution in [0.5, 0.6) is 0 Å². The van der Waals surface area contributed by atoms with Gasteiger partial charge in [-0.05, 0) is 42.2 Å². The highest BCUT2D eigenvalue weighted by Gasteiger charge is 2.18. The number of benzene rings is 2. The summed E-state index contributed by atoms with van der Waals surface area (Å²) in [5.74, 6) is 0.177. The number of carbonyl (C=O) groups excluding carboxylic acids is 1.